The molecule has 1 saturated heterocycles. The van der Waals surface area contributed by atoms with Gasteiger partial charge >= 0.3 is 0 Å². The van der Waals surface area contributed by atoms with Gasteiger partial charge in [0.25, 0.3) is 0 Å². The van der Waals surface area contributed by atoms with Crippen LogP contribution in [-0.2, 0) is 0 Å². The van der Waals surface area contributed by atoms with Gasteiger partial charge in [-0.3, -0.25) is 4.90 Å². The third-order valence-corrected chi connectivity index (χ3v) is 4.68. The summed E-state index contributed by atoms with van der Waals surface area (Å²) in [6.07, 6.45) is 10.8. The number of likely N-dealkylation sites (tertiary alicyclic amines) is 1. The molecule has 0 amide bonds. The van der Waals surface area contributed by atoms with Crippen LogP contribution in [0.25, 0.3) is 0 Å². The number of hydrogen-bond acceptors (Lipinski definition) is 2. The Bertz CT molecular complexity index is 207. The highest BCUT2D eigenvalue weighted by Gasteiger charge is 2.34. The van der Waals surface area contributed by atoms with Crippen LogP contribution in [0.3, 0.4) is 0 Å². The highest BCUT2D eigenvalue weighted by molar-refractivity contribution is 4.91. The molecule has 1 aliphatic heterocycles. The summed E-state index contributed by atoms with van der Waals surface area (Å²) in [5, 5.41) is 0. The first-order valence-corrected chi connectivity index (χ1v) is 7.23. The molecule has 1 saturated carbocycles. The maximum Gasteiger partial charge on any atom is 0.0252 e. The molecule has 16 heavy (non-hydrogen) atoms. The zero-order valence-electron chi connectivity index (χ0n) is 11.0. The third-order valence-electron chi connectivity index (χ3n) is 4.68. The molecule has 0 radical (unpaired) electrons. The topological polar surface area (TPSA) is 29.3 Å². The maximum absolute atomic E-state index is 6.39. The van der Waals surface area contributed by atoms with Gasteiger partial charge in [-0.25, -0.2) is 0 Å². The lowest BCUT2D eigenvalue weighted by Crippen LogP contribution is -2.56. The second-order valence-electron chi connectivity index (χ2n) is 5.95. The van der Waals surface area contributed by atoms with E-state index in [-0.39, 0.29) is 0 Å². The predicted molar refractivity (Wildman–Crippen MR) is 69.5 cm³/mol. The van der Waals surface area contributed by atoms with Crippen molar-refractivity contribution in [1.29, 1.82) is 0 Å². The molecule has 4 atom stereocenters. The zero-order chi connectivity index (χ0) is 11.5. The number of piperidine rings is 1. The highest BCUT2D eigenvalue weighted by atomic mass is 15.2. The Balaban J connectivity index is 2.06. The Morgan fingerprint density at radius 3 is 2.12 bits per heavy atom. The molecule has 0 aromatic rings. The van der Waals surface area contributed by atoms with Gasteiger partial charge in [0.1, 0.15) is 0 Å². The van der Waals surface area contributed by atoms with Crippen molar-refractivity contribution in [3.8, 4) is 0 Å². The van der Waals surface area contributed by atoms with Gasteiger partial charge in [-0.1, -0.05) is 25.7 Å². The largest absolute Gasteiger partial charge is 0.326 e. The average Bonchev–Trinajstić information content (AvgIpc) is 2.44. The summed E-state index contributed by atoms with van der Waals surface area (Å²) in [6, 6.07) is 2.58. The monoisotopic (exact) mass is 224 g/mol. The molecule has 2 heteroatoms. The summed E-state index contributed by atoms with van der Waals surface area (Å²) in [5.41, 5.74) is 6.39. The van der Waals surface area contributed by atoms with Crippen LogP contribution in [0.15, 0.2) is 0 Å². The molecule has 0 bridgehead atoms. The van der Waals surface area contributed by atoms with E-state index in [0.717, 1.165) is 12.1 Å². The third kappa shape index (κ3) is 2.60. The van der Waals surface area contributed by atoms with Gasteiger partial charge in [0.15, 0.2) is 0 Å². The number of rotatable bonds is 1. The van der Waals surface area contributed by atoms with Crippen molar-refractivity contribution in [3.63, 3.8) is 0 Å². The van der Waals surface area contributed by atoms with E-state index in [1.165, 1.54) is 51.4 Å². The van der Waals surface area contributed by atoms with E-state index in [1.54, 1.807) is 0 Å². The van der Waals surface area contributed by atoms with Gasteiger partial charge in [-0.2, -0.15) is 0 Å². The van der Waals surface area contributed by atoms with Crippen LogP contribution in [0.4, 0.5) is 0 Å². The van der Waals surface area contributed by atoms with Crippen LogP contribution in [-0.4, -0.2) is 29.1 Å². The molecule has 1 aliphatic carbocycles. The Labute approximate surface area is 101 Å². The summed E-state index contributed by atoms with van der Waals surface area (Å²) in [7, 11) is 0. The van der Waals surface area contributed by atoms with Gasteiger partial charge in [0.2, 0.25) is 0 Å². The molecule has 2 fully saturated rings. The first-order valence-electron chi connectivity index (χ1n) is 7.23. The van der Waals surface area contributed by atoms with Crippen molar-refractivity contribution in [1.82, 2.24) is 4.90 Å². The molecule has 1 heterocycles. The lowest BCUT2D eigenvalue weighted by molar-refractivity contribution is 0.0395. The molecule has 2 unspecified atom stereocenters. The van der Waals surface area contributed by atoms with Crippen LogP contribution in [0.1, 0.15) is 65.2 Å². The highest BCUT2D eigenvalue weighted by Crippen LogP contribution is 2.30. The fourth-order valence-electron chi connectivity index (χ4n) is 3.78. The molecular formula is C14H28N2. The lowest BCUT2D eigenvalue weighted by Gasteiger charge is -2.46. The van der Waals surface area contributed by atoms with Crippen LogP contribution < -0.4 is 5.73 Å². The van der Waals surface area contributed by atoms with E-state index in [2.05, 4.69) is 18.7 Å². The van der Waals surface area contributed by atoms with E-state index < -0.39 is 0 Å². The molecular weight excluding hydrogens is 196 g/mol. The second kappa shape index (κ2) is 5.50. The van der Waals surface area contributed by atoms with E-state index in [4.69, 9.17) is 5.73 Å². The molecule has 0 aromatic carbocycles. The van der Waals surface area contributed by atoms with Gasteiger partial charge in [-0.05, 0) is 39.5 Å². The maximum atomic E-state index is 6.39. The van der Waals surface area contributed by atoms with Crippen molar-refractivity contribution in [3.05, 3.63) is 0 Å². The number of nitrogens with two attached hydrogens (primary N) is 1. The van der Waals surface area contributed by atoms with Crippen molar-refractivity contribution >= 4 is 0 Å². The minimum atomic E-state index is 0.422. The standard InChI is InChI=1S/C14H28N2/c1-11-7-6-8-12(2)16(11)14-10-5-3-4-9-13(14)15/h11-14H,3-10,15H2,1-2H3/t11-,12+,13?,14?. The quantitative estimate of drug-likeness (QED) is 0.694. The van der Waals surface area contributed by atoms with Crippen molar-refractivity contribution < 1.29 is 0 Å². The Morgan fingerprint density at radius 2 is 1.44 bits per heavy atom. The minimum Gasteiger partial charge on any atom is -0.326 e. The van der Waals surface area contributed by atoms with Crippen LogP contribution in [0, 0.1) is 0 Å². The second-order valence-corrected chi connectivity index (χ2v) is 5.95. The lowest BCUT2D eigenvalue weighted by atomic mass is 9.91. The zero-order valence-corrected chi connectivity index (χ0v) is 11.0. The van der Waals surface area contributed by atoms with Crippen molar-refractivity contribution in [2.75, 3.05) is 0 Å². The number of nitrogens with zero attached hydrogens (tertiary/aromatic N) is 1. The van der Waals surface area contributed by atoms with E-state index >= 15 is 0 Å². The summed E-state index contributed by atoms with van der Waals surface area (Å²) >= 11 is 0. The molecule has 2 aliphatic rings. The van der Waals surface area contributed by atoms with Crippen molar-refractivity contribution in [2.45, 2.75) is 89.4 Å². The summed E-state index contributed by atoms with van der Waals surface area (Å²) in [5.74, 6) is 0. The molecule has 2 rings (SSSR count). The fourth-order valence-corrected chi connectivity index (χ4v) is 3.78. The summed E-state index contributed by atoms with van der Waals surface area (Å²) < 4.78 is 0. The van der Waals surface area contributed by atoms with Crippen LogP contribution in [0.5, 0.6) is 0 Å². The molecule has 2 nitrogen and oxygen atoms in total. The summed E-state index contributed by atoms with van der Waals surface area (Å²) in [6.45, 7) is 4.79. The normalized spacial score (nSPS) is 42.9. The SMILES string of the molecule is C[C@@H]1CCC[C@H](C)N1C1CCCCCC1N. The van der Waals surface area contributed by atoms with Crippen LogP contribution in [0.2, 0.25) is 0 Å². The number of hydrogen-bond donors (Lipinski definition) is 1. The van der Waals surface area contributed by atoms with Gasteiger partial charge < -0.3 is 5.73 Å². The van der Waals surface area contributed by atoms with Gasteiger partial charge in [-0.15, -0.1) is 0 Å². The van der Waals surface area contributed by atoms with Gasteiger partial charge in [0.05, 0.1) is 0 Å². The molecule has 2 N–H and O–H groups in total. The predicted octanol–water partition coefficient (Wildman–Crippen LogP) is 2.91. The fraction of sp³-hybridized carbons (Fsp3) is 1.00. The first kappa shape index (κ1) is 12.4. The van der Waals surface area contributed by atoms with E-state index in [9.17, 15) is 0 Å². The Hall–Kier alpha value is -0.0800. The van der Waals surface area contributed by atoms with Crippen LogP contribution >= 0.6 is 0 Å². The minimum absolute atomic E-state index is 0.422. The van der Waals surface area contributed by atoms with E-state index in [0.29, 0.717) is 12.1 Å². The van der Waals surface area contributed by atoms with Crippen molar-refractivity contribution in [2.24, 2.45) is 5.73 Å². The molecule has 0 spiro atoms. The molecule has 94 valence electrons. The molecule has 0 aromatic heterocycles. The Kier molecular flexibility index (Phi) is 4.26. The Morgan fingerprint density at radius 1 is 0.812 bits per heavy atom. The summed E-state index contributed by atoms with van der Waals surface area (Å²) in [4.78, 5) is 2.75. The smallest absolute Gasteiger partial charge is 0.0252 e. The van der Waals surface area contributed by atoms with Gasteiger partial charge in [0, 0.05) is 24.2 Å². The first-order chi connectivity index (χ1) is 7.70. The van der Waals surface area contributed by atoms with E-state index in [1.807, 2.05) is 0 Å². The average molecular weight is 224 g/mol.